The Labute approximate surface area is 262 Å². The third kappa shape index (κ3) is 7.63. The number of hydrogen-bond donors (Lipinski definition) is 0. The van der Waals surface area contributed by atoms with Crippen LogP contribution in [0.1, 0.15) is 55.9 Å². The monoisotopic (exact) mass is 626 g/mol. The van der Waals surface area contributed by atoms with Gasteiger partial charge in [-0.1, -0.05) is 55.2 Å². The van der Waals surface area contributed by atoms with Gasteiger partial charge in [0, 0.05) is 46.0 Å². The largest absolute Gasteiger partial charge is 0.491 e. The average Bonchev–Trinajstić information content (AvgIpc) is 3.21. The van der Waals surface area contributed by atoms with Crippen molar-refractivity contribution < 1.29 is 19.1 Å². The van der Waals surface area contributed by atoms with Crippen molar-refractivity contribution in [1.29, 1.82) is 0 Å². The van der Waals surface area contributed by atoms with Crippen molar-refractivity contribution in [3.63, 3.8) is 0 Å². The normalized spacial score (nSPS) is 14.3. The molecule has 0 aromatic heterocycles. The molecule has 0 saturated carbocycles. The van der Waals surface area contributed by atoms with Crippen molar-refractivity contribution in [1.82, 2.24) is 4.90 Å². The van der Waals surface area contributed by atoms with Gasteiger partial charge in [-0.2, -0.15) is 0 Å². The molecule has 0 unspecified atom stereocenters. The van der Waals surface area contributed by atoms with E-state index in [1.165, 1.54) is 4.90 Å². The first-order valence-corrected chi connectivity index (χ1v) is 15.6. The van der Waals surface area contributed by atoms with Gasteiger partial charge in [0.05, 0.1) is 11.4 Å². The lowest BCUT2D eigenvalue weighted by atomic mass is 10.0. The van der Waals surface area contributed by atoms with Gasteiger partial charge in [-0.05, 0) is 86.0 Å². The van der Waals surface area contributed by atoms with Crippen molar-refractivity contribution in [3.8, 4) is 11.5 Å². The number of carbonyl (C=O) groups excluding carboxylic acids is 2. The fourth-order valence-corrected chi connectivity index (χ4v) is 5.99. The van der Waals surface area contributed by atoms with E-state index < -0.39 is 0 Å². The quantitative estimate of drug-likeness (QED) is 0.187. The Kier molecular flexibility index (Phi) is 10.9. The maximum absolute atomic E-state index is 13.3. The first-order valence-electron chi connectivity index (χ1n) is 14.1. The Balaban J connectivity index is 1.53. The van der Waals surface area contributed by atoms with E-state index in [0.717, 1.165) is 53.0 Å². The van der Waals surface area contributed by atoms with Crippen LogP contribution in [0, 0.1) is 6.92 Å². The molecule has 4 rings (SSSR count). The van der Waals surface area contributed by atoms with Gasteiger partial charge >= 0.3 is 0 Å². The molecule has 1 saturated heterocycles. The third-order valence-electron chi connectivity index (χ3n) is 7.05. The molecule has 1 aliphatic rings. The Morgan fingerprint density at radius 1 is 0.952 bits per heavy atom. The van der Waals surface area contributed by atoms with Crippen LogP contribution in [0.5, 0.6) is 11.5 Å². The summed E-state index contributed by atoms with van der Waals surface area (Å²) < 4.78 is 12.3. The summed E-state index contributed by atoms with van der Waals surface area (Å²) in [4.78, 5) is 29.9. The number of rotatable bonds is 12. The number of aryl methyl sites for hydroxylation is 1. The van der Waals surface area contributed by atoms with Crippen LogP contribution in [0.4, 0.5) is 10.5 Å². The van der Waals surface area contributed by atoms with Crippen molar-refractivity contribution in [2.75, 3.05) is 31.1 Å². The van der Waals surface area contributed by atoms with E-state index in [9.17, 15) is 9.59 Å². The van der Waals surface area contributed by atoms with Gasteiger partial charge in [0.2, 0.25) is 0 Å². The number of thioether (sulfide) groups is 1. The van der Waals surface area contributed by atoms with Gasteiger partial charge in [0.1, 0.15) is 24.7 Å². The van der Waals surface area contributed by atoms with Crippen molar-refractivity contribution >= 4 is 57.9 Å². The second kappa shape index (κ2) is 14.4. The lowest BCUT2D eigenvalue weighted by Crippen LogP contribution is -2.32. The summed E-state index contributed by atoms with van der Waals surface area (Å²) in [5.41, 5.74) is 4.66. The Morgan fingerprint density at radius 3 is 2.40 bits per heavy atom. The molecule has 222 valence electrons. The van der Waals surface area contributed by atoms with E-state index in [1.807, 2.05) is 37.3 Å². The lowest BCUT2D eigenvalue weighted by Gasteiger charge is -2.22. The summed E-state index contributed by atoms with van der Waals surface area (Å²) in [5, 5.41) is 0.741. The maximum atomic E-state index is 13.3. The molecule has 1 heterocycles. The average molecular weight is 628 g/mol. The smallest absolute Gasteiger partial charge is 0.293 e. The predicted octanol–water partition coefficient (Wildman–Crippen LogP) is 8.97. The molecule has 0 bridgehead atoms. The topological polar surface area (TPSA) is 59.1 Å². The Hall–Kier alpha value is -3.13. The minimum atomic E-state index is -0.346. The van der Waals surface area contributed by atoms with Crippen molar-refractivity contribution in [2.24, 2.45) is 0 Å². The van der Waals surface area contributed by atoms with Crippen LogP contribution < -0.4 is 14.4 Å². The van der Waals surface area contributed by atoms with Crippen molar-refractivity contribution in [3.05, 3.63) is 91.8 Å². The van der Waals surface area contributed by atoms with Crippen molar-refractivity contribution in [2.45, 2.75) is 47.1 Å². The summed E-state index contributed by atoms with van der Waals surface area (Å²) in [6, 6.07) is 17.2. The van der Waals surface area contributed by atoms with E-state index in [2.05, 4.69) is 44.7 Å². The molecule has 2 amide bonds. The van der Waals surface area contributed by atoms with Gasteiger partial charge in [0.25, 0.3) is 11.1 Å². The molecular formula is C33H36Cl2N2O4S. The second-order valence-corrected chi connectivity index (χ2v) is 12.1. The number of amides is 2. The standard InChI is InChI=1S/C33H36Cl2N2O4S/c1-6-36(7-2)26-12-10-23(29(19-26)41-20-24-9-11-25(34)18-28(24)35)17-31-32(38)37(33(39)42-31)14-15-40-30-16-22(5)8-13-27(30)21(3)4/h8-13,16-19,21H,6-7,14-15,20H2,1-5H3/b31-17-. The third-order valence-corrected chi connectivity index (χ3v) is 8.54. The number of ether oxygens (including phenoxy) is 2. The Bertz CT molecular complexity index is 1490. The highest BCUT2D eigenvalue weighted by molar-refractivity contribution is 8.18. The van der Waals surface area contributed by atoms with Gasteiger partial charge in [-0.3, -0.25) is 14.5 Å². The van der Waals surface area contributed by atoms with Crippen LogP contribution in [-0.4, -0.2) is 42.3 Å². The molecule has 3 aromatic rings. The maximum Gasteiger partial charge on any atom is 0.293 e. The fourth-order valence-electron chi connectivity index (χ4n) is 4.67. The van der Waals surface area contributed by atoms with E-state index in [0.29, 0.717) is 32.2 Å². The summed E-state index contributed by atoms with van der Waals surface area (Å²) in [7, 11) is 0. The zero-order valence-corrected chi connectivity index (χ0v) is 26.9. The number of anilines is 1. The first kappa shape index (κ1) is 31.8. The molecule has 9 heteroatoms. The first-order chi connectivity index (χ1) is 20.1. The number of carbonyl (C=O) groups is 2. The van der Waals surface area contributed by atoms with Crippen LogP contribution in [0.3, 0.4) is 0 Å². The SMILES string of the molecule is CCN(CC)c1ccc(/C=C2\SC(=O)N(CCOc3cc(C)ccc3C(C)C)C2=O)c(OCc2ccc(Cl)cc2Cl)c1. The van der Waals surface area contributed by atoms with E-state index in [-0.39, 0.29) is 30.9 Å². The van der Waals surface area contributed by atoms with Gasteiger partial charge in [-0.15, -0.1) is 0 Å². The molecule has 1 aliphatic heterocycles. The summed E-state index contributed by atoms with van der Waals surface area (Å²) in [6.45, 7) is 12.7. The fraction of sp³-hybridized carbons (Fsp3) is 0.333. The highest BCUT2D eigenvalue weighted by atomic mass is 35.5. The zero-order chi connectivity index (χ0) is 30.4. The minimum absolute atomic E-state index is 0.160. The molecule has 3 aromatic carbocycles. The van der Waals surface area contributed by atoms with Crippen LogP contribution in [-0.2, 0) is 11.4 Å². The van der Waals surface area contributed by atoms with Gasteiger partial charge < -0.3 is 14.4 Å². The summed E-state index contributed by atoms with van der Waals surface area (Å²) in [6.07, 6.45) is 1.72. The molecule has 0 atom stereocenters. The van der Waals surface area contributed by atoms with Crippen LogP contribution in [0.25, 0.3) is 6.08 Å². The van der Waals surface area contributed by atoms with E-state index >= 15 is 0 Å². The van der Waals surface area contributed by atoms with Gasteiger partial charge in [0.15, 0.2) is 0 Å². The number of benzene rings is 3. The summed E-state index contributed by atoms with van der Waals surface area (Å²) in [5.74, 6) is 1.31. The predicted molar refractivity (Wildman–Crippen MR) is 174 cm³/mol. The Morgan fingerprint density at radius 2 is 1.71 bits per heavy atom. The number of imide groups is 1. The molecule has 1 fully saturated rings. The molecule has 0 N–H and O–H groups in total. The molecule has 6 nitrogen and oxygen atoms in total. The molecule has 0 radical (unpaired) electrons. The number of hydrogen-bond acceptors (Lipinski definition) is 6. The number of halogens is 2. The van der Waals surface area contributed by atoms with Gasteiger partial charge in [-0.25, -0.2) is 0 Å². The minimum Gasteiger partial charge on any atom is -0.491 e. The summed E-state index contributed by atoms with van der Waals surface area (Å²) >= 11 is 13.4. The highest BCUT2D eigenvalue weighted by Gasteiger charge is 2.35. The van der Waals surface area contributed by atoms with Crippen LogP contribution in [0.15, 0.2) is 59.5 Å². The van der Waals surface area contributed by atoms with Crippen LogP contribution in [0.2, 0.25) is 10.0 Å². The van der Waals surface area contributed by atoms with E-state index in [4.69, 9.17) is 32.7 Å². The second-order valence-electron chi connectivity index (χ2n) is 10.3. The highest BCUT2D eigenvalue weighted by Crippen LogP contribution is 2.36. The lowest BCUT2D eigenvalue weighted by molar-refractivity contribution is -0.123. The van der Waals surface area contributed by atoms with Crippen LogP contribution >= 0.6 is 35.0 Å². The molecule has 0 aliphatic carbocycles. The van der Waals surface area contributed by atoms with E-state index in [1.54, 1.807) is 18.2 Å². The molecule has 0 spiro atoms. The molecular weight excluding hydrogens is 591 g/mol. The zero-order valence-electron chi connectivity index (χ0n) is 24.6. The molecule has 42 heavy (non-hydrogen) atoms. The number of nitrogens with zero attached hydrogens (tertiary/aromatic N) is 2.